The third-order valence-corrected chi connectivity index (χ3v) is 3.35. The Morgan fingerprint density at radius 1 is 1.09 bits per heavy atom. The first-order valence-corrected chi connectivity index (χ1v) is 6.89. The molecule has 0 amide bonds. The molecule has 1 heterocycles. The number of ketones is 1. The van der Waals surface area contributed by atoms with Gasteiger partial charge in [-0.3, -0.25) is 4.79 Å². The zero-order valence-electron chi connectivity index (χ0n) is 12.0. The molecule has 1 aromatic heterocycles. The average molecular weight is 308 g/mol. The van der Waals surface area contributed by atoms with Gasteiger partial charge in [0.05, 0.1) is 0 Å². The number of nitro groups is 1. The highest BCUT2D eigenvalue weighted by Gasteiger charge is 2.17. The van der Waals surface area contributed by atoms with Crippen molar-refractivity contribution in [2.75, 3.05) is 6.61 Å². The molecule has 0 aliphatic rings. The van der Waals surface area contributed by atoms with Crippen molar-refractivity contribution in [3.8, 4) is 5.75 Å². The average Bonchev–Trinajstić information content (AvgIpc) is 2.59. The van der Waals surface area contributed by atoms with E-state index in [2.05, 4.69) is 4.98 Å². The van der Waals surface area contributed by atoms with E-state index in [1.165, 1.54) is 18.3 Å². The number of Topliss-reactive ketones (excluding diaryl/α,β-unsaturated/α-hetero) is 1. The minimum absolute atomic E-state index is 0.0216. The number of benzene rings is 2. The Kier molecular flexibility index (Phi) is 3.97. The number of pyridine rings is 1. The molecule has 3 rings (SSSR count). The first-order chi connectivity index (χ1) is 11.1. The number of aromatic nitrogens is 1. The molecule has 0 atom stereocenters. The van der Waals surface area contributed by atoms with Crippen LogP contribution < -0.4 is 4.74 Å². The van der Waals surface area contributed by atoms with E-state index in [1.54, 1.807) is 12.1 Å². The fourth-order valence-corrected chi connectivity index (χ4v) is 2.22. The summed E-state index contributed by atoms with van der Waals surface area (Å²) in [5.74, 6) is -0.681. The highest BCUT2D eigenvalue weighted by Crippen LogP contribution is 2.23. The predicted octanol–water partition coefficient (Wildman–Crippen LogP) is 3.40. The maximum Gasteiger partial charge on any atom is 0.406 e. The summed E-state index contributed by atoms with van der Waals surface area (Å²) in [6, 6.07) is 16.0. The second-order valence-electron chi connectivity index (χ2n) is 4.86. The van der Waals surface area contributed by atoms with Gasteiger partial charge in [-0.25, -0.2) is 0 Å². The lowest BCUT2D eigenvalue weighted by Crippen LogP contribution is -2.12. The summed E-state index contributed by atoms with van der Waals surface area (Å²) in [6.07, 6.45) is 1.30. The topological polar surface area (TPSA) is 82.3 Å². The molecule has 0 saturated carbocycles. The Balaban J connectivity index is 1.77. The highest BCUT2D eigenvalue weighted by molar-refractivity contribution is 6.00. The Morgan fingerprint density at radius 2 is 1.87 bits per heavy atom. The molecule has 0 aliphatic carbocycles. The monoisotopic (exact) mass is 308 g/mol. The molecule has 0 aliphatic heterocycles. The van der Waals surface area contributed by atoms with Crippen molar-refractivity contribution < 1.29 is 14.5 Å². The maximum absolute atomic E-state index is 12.2. The van der Waals surface area contributed by atoms with E-state index in [9.17, 15) is 14.9 Å². The van der Waals surface area contributed by atoms with E-state index in [0.717, 1.165) is 10.8 Å². The van der Waals surface area contributed by atoms with Crippen LogP contribution in [0.2, 0.25) is 0 Å². The quantitative estimate of drug-likeness (QED) is 0.410. The molecule has 0 N–H and O–H groups in total. The molecule has 0 unspecified atom stereocenters. The van der Waals surface area contributed by atoms with Gasteiger partial charge in [0.25, 0.3) is 0 Å². The van der Waals surface area contributed by atoms with Crippen LogP contribution in [0.1, 0.15) is 10.4 Å². The maximum atomic E-state index is 12.2. The molecule has 0 radical (unpaired) electrons. The fourth-order valence-electron chi connectivity index (χ4n) is 2.22. The molecule has 6 heteroatoms. The van der Waals surface area contributed by atoms with Crippen molar-refractivity contribution in [1.29, 1.82) is 0 Å². The van der Waals surface area contributed by atoms with Crippen molar-refractivity contribution in [2.45, 2.75) is 0 Å². The van der Waals surface area contributed by atoms with Gasteiger partial charge in [-0.1, -0.05) is 36.4 Å². The van der Waals surface area contributed by atoms with Gasteiger partial charge in [-0.2, -0.15) is 0 Å². The van der Waals surface area contributed by atoms with Gasteiger partial charge in [0.1, 0.15) is 6.20 Å². The van der Waals surface area contributed by atoms with E-state index >= 15 is 0 Å². The zero-order chi connectivity index (χ0) is 16.2. The number of rotatable bonds is 5. The summed E-state index contributed by atoms with van der Waals surface area (Å²) in [5, 5.41) is 12.8. The summed E-state index contributed by atoms with van der Waals surface area (Å²) >= 11 is 0. The number of carbonyl (C=O) groups is 1. The lowest BCUT2D eigenvalue weighted by atomic mass is 10.0. The summed E-state index contributed by atoms with van der Waals surface area (Å²) in [4.78, 5) is 26.1. The lowest BCUT2D eigenvalue weighted by Gasteiger charge is -2.06. The van der Waals surface area contributed by atoms with Crippen molar-refractivity contribution in [1.82, 2.24) is 4.98 Å². The SMILES string of the molecule is O=C(COc1cccnc1[N+](=O)[O-])c1ccc2ccccc2c1. The minimum atomic E-state index is -0.643. The third kappa shape index (κ3) is 3.16. The van der Waals surface area contributed by atoms with Crippen LogP contribution in [0.3, 0.4) is 0 Å². The summed E-state index contributed by atoms with van der Waals surface area (Å²) in [6.45, 7) is -0.287. The summed E-state index contributed by atoms with van der Waals surface area (Å²) in [5.41, 5.74) is 0.496. The van der Waals surface area contributed by atoms with Gasteiger partial charge >= 0.3 is 5.82 Å². The normalized spacial score (nSPS) is 10.4. The van der Waals surface area contributed by atoms with Crippen LogP contribution in [-0.2, 0) is 0 Å². The third-order valence-electron chi connectivity index (χ3n) is 3.35. The predicted molar refractivity (Wildman–Crippen MR) is 84.7 cm³/mol. The first kappa shape index (κ1) is 14.6. The van der Waals surface area contributed by atoms with Gasteiger partial charge in [0, 0.05) is 5.56 Å². The molecule has 23 heavy (non-hydrogen) atoms. The van der Waals surface area contributed by atoms with Crippen molar-refractivity contribution in [3.05, 3.63) is 76.5 Å². The van der Waals surface area contributed by atoms with Gasteiger partial charge in [-0.05, 0) is 38.9 Å². The van der Waals surface area contributed by atoms with E-state index in [4.69, 9.17) is 4.74 Å². The van der Waals surface area contributed by atoms with Crippen molar-refractivity contribution in [2.24, 2.45) is 0 Å². The van der Waals surface area contributed by atoms with Crippen LogP contribution >= 0.6 is 0 Å². The minimum Gasteiger partial charge on any atom is -0.477 e. The zero-order valence-corrected chi connectivity index (χ0v) is 12.0. The molecule has 3 aromatic rings. The number of carbonyl (C=O) groups excluding carboxylic acids is 1. The van der Waals surface area contributed by atoms with Crippen molar-refractivity contribution >= 4 is 22.4 Å². The smallest absolute Gasteiger partial charge is 0.406 e. The van der Waals surface area contributed by atoms with Crippen LogP contribution in [0.5, 0.6) is 5.75 Å². The van der Waals surface area contributed by atoms with Crippen LogP contribution in [0.25, 0.3) is 10.8 Å². The Morgan fingerprint density at radius 3 is 2.65 bits per heavy atom. The number of hydrogen-bond acceptors (Lipinski definition) is 5. The van der Waals surface area contributed by atoms with Crippen LogP contribution in [0.4, 0.5) is 5.82 Å². The van der Waals surface area contributed by atoms with Gasteiger partial charge in [0.15, 0.2) is 12.4 Å². The molecule has 2 aromatic carbocycles. The molecule has 6 nitrogen and oxygen atoms in total. The number of fused-ring (bicyclic) bond motifs is 1. The molecular formula is C17H12N2O4. The second-order valence-corrected chi connectivity index (χ2v) is 4.86. The van der Waals surface area contributed by atoms with Crippen LogP contribution in [-0.4, -0.2) is 22.3 Å². The summed E-state index contributed by atoms with van der Waals surface area (Å²) in [7, 11) is 0. The molecule has 0 bridgehead atoms. The van der Waals surface area contributed by atoms with Gasteiger partial charge in [-0.15, -0.1) is 0 Å². The number of hydrogen-bond donors (Lipinski definition) is 0. The molecule has 0 spiro atoms. The second kappa shape index (κ2) is 6.23. The number of nitrogens with zero attached hydrogens (tertiary/aromatic N) is 2. The molecule has 0 fully saturated rings. The van der Waals surface area contributed by atoms with Gasteiger partial charge in [0.2, 0.25) is 5.75 Å². The van der Waals surface area contributed by atoms with E-state index in [-0.39, 0.29) is 18.1 Å². The largest absolute Gasteiger partial charge is 0.477 e. The standard InChI is InChI=1S/C17H12N2O4/c20-15(11-23-16-6-3-9-18-17(16)19(21)22)14-8-7-12-4-1-2-5-13(12)10-14/h1-10H,11H2. The van der Waals surface area contributed by atoms with Crippen molar-refractivity contribution in [3.63, 3.8) is 0 Å². The summed E-state index contributed by atoms with van der Waals surface area (Å²) < 4.78 is 5.27. The Labute approximate surface area is 131 Å². The highest BCUT2D eigenvalue weighted by atomic mass is 16.6. The number of ether oxygens (including phenoxy) is 1. The Hall–Kier alpha value is -3.28. The van der Waals surface area contributed by atoms with Crippen LogP contribution in [0, 0.1) is 10.1 Å². The van der Waals surface area contributed by atoms with E-state index in [1.807, 2.05) is 30.3 Å². The Bertz CT molecular complexity index is 892. The lowest BCUT2D eigenvalue weighted by molar-refractivity contribution is -0.390. The van der Waals surface area contributed by atoms with Crippen LogP contribution in [0.15, 0.2) is 60.8 Å². The molecule has 0 saturated heterocycles. The first-order valence-electron chi connectivity index (χ1n) is 6.89. The molecule has 114 valence electrons. The molecular weight excluding hydrogens is 296 g/mol. The van der Waals surface area contributed by atoms with Gasteiger partial charge < -0.3 is 14.9 Å². The van der Waals surface area contributed by atoms with E-state index in [0.29, 0.717) is 5.56 Å². The fraction of sp³-hybridized carbons (Fsp3) is 0.0588. The van der Waals surface area contributed by atoms with E-state index < -0.39 is 10.7 Å².